The molecule has 0 aliphatic rings. The third kappa shape index (κ3) is 2.88. The van der Waals surface area contributed by atoms with Crippen LogP contribution in [0.2, 0.25) is 0 Å². The highest BCUT2D eigenvalue weighted by Gasteiger charge is 2.14. The zero-order valence-corrected chi connectivity index (χ0v) is 10.4. The number of rotatable bonds is 3. The highest BCUT2D eigenvalue weighted by molar-refractivity contribution is 7.85. The van der Waals surface area contributed by atoms with E-state index in [-0.39, 0.29) is 0 Å². The maximum absolute atomic E-state index is 11.0. The summed E-state index contributed by atoms with van der Waals surface area (Å²) < 4.78 is 31.1. The van der Waals surface area contributed by atoms with E-state index in [2.05, 4.69) is 0 Å². The third-order valence-electron chi connectivity index (χ3n) is 2.62. The van der Waals surface area contributed by atoms with Crippen molar-refractivity contribution in [3.63, 3.8) is 0 Å². The van der Waals surface area contributed by atoms with E-state index in [9.17, 15) is 8.42 Å². The van der Waals surface area contributed by atoms with Gasteiger partial charge < -0.3 is 5.73 Å². The molecule has 2 aromatic carbocycles. The van der Waals surface area contributed by atoms with E-state index in [4.69, 9.17) is 10.3 Å². The van der Waals surface area contributed by atoms with E-state index in [1.54, 1.807) is 18.2 Å². The SMILES string of the molecule is Nc1cccc(-c2ccccc2)c1CS(=O)(=O)O. The number of hydrogen-bond acceptors (Lipinski definition) is 3. The minimum absolute atomic E-state index is 0.356. The Morgan fingerprint density at radius 1 is 1.00 bits per heavy atom. The fraction of sp³-hybridized carbons (Fsp3) is 0.0769. The van der Waals surface area contributed by atoms with Crippen LogP contribution in [0.1, 0.15) is 5.56 Å². The number of anilines is 1. The third-order valence-corrected chi connectivity index (χ3v) is 3.28. The van der Waals surface area contributed by atoms with Gasteiger partial charge in [-0.05, 0) is 17.2 Å². The Hall–Kier alpha value is -1.85. The molecule has 2 rings (SSSR count). The van der Waals surface area contributed by atoms with Crippen molar-refractivity contribution in [2.75, 3.05) is 5.73 Å². The van der Waals surface area contributed by atoms with Crippen LogP contribution in [-0.4, -0.2) is 13.0 Å². The second-order valence-electron chi connectivity index (χ2n) is 3.97. The minimum Gasteiger partial charge on any atom is -0.398 e. The van der Waals surface area contributed by atoms with Gasteiger partial charge in [-0.1, -0.05) is 42.5 Å². The van der Waals surface area contributed by atoms with Crippen molar-refractivity contribution >= 4 is 15.8 Å². The summed E-state index contributed by atoms with van der Waals surface area (Å²) in [6, 6.07) is 14.5. The lowest BCUT2D eigenvalue weighted by Crippen LogP contribution is -2.06. The normalized spacial score (nSPS) is 11.4. The van der Waals surface area contributed by atoms with Gasteiger partial charge in [0.2, 0.25) is 0 Å². The molecule has 5 heteroatoms. The molecule has 0 aliphatic heterocycles. The van der Waals surface area contributed by atoms with E-state index in [1.165, 1.54) is 0 Å². The van der Waals surface area contributed by atoms with Crippen LogP contribution in [0.25, 0.3) is 11.1 Å². The van der Waals surface area contributed by atoms with E-state index in [0.29, 0.717) is 16.8 Å². The Kier molecular flexibility index (Phi) is 3.36. The average molecular weight is 263 g/mol. The lowest BCUT2D eigenvalue weighted by atomic mass is 9.99. The average Bonchev–Trinajstić information content (AvgIpc) is 2.31. The Labute approximate surface area is 106 Å². The molecule has 0 unspecified atom stereocenters. The second-order valence-corrected chi connectivity index (χ2v) is 5.42. The van der Waals surface area contributed by atoms with Gasteiger partial charge in [0.1, 0.15) is 5.75 Å². The van der Waals surface area contributed by atoms with Crippen LogP contribution in [0, 0.1) is 0 Å². The van der Waals surface area contributed by atoms with E-state index in [0.717, 1.165) is 5.56 Å². The Morgan fingerprint density at radius 2 is 1.67 bits per heavy atom. The summed E-state index contributed by atoms with van der Waals surface area (Å²) >= 11 is 0. The molecular weight excluding hydrogens is 250 g/mol. The maximum Gasteiger partial charge on any atom is 0.269 e. The predicted molar refractivity (Wildman–Crippen MR) is 71.5 cm³/mol. The second kappa shape index (κ2) is 4.80. The number of nitrogens with two attached hydrogens (primary N) is 1. The van der Waals surface area contributed by atoms with E-state index < -0.39 is 15.9 Å². The van der Waals surface area contributed by atoms with Gasteiger partial charge in [-0.25, -0.2) is 0 Å². The molecule has 18 heavy (non-hydrogen) atoms. The van der Waals surface area contributed by atoms with Crippen LogP contribution in [-0.2, 0) is 15.9 Å². The smallest absolute Gasteiger partial charge is 0.269 e. The number of nitrogen functional groups attached to an aromatic ring is 1. The van der Waals surface area contributed by atoms with Crippen molar-refractivity contribution in [3.8, 4) is 11.1 Å². The topological polar surface area (TPSA) is 80.4 Å². The van der Waals surface area contributed by atoms with E-state index in [1.807, 2.05) is 30.3 Å². The van der Waals surface area contributed by atoms with Crippen molar-refractivity contribution in [1.82, 2.24) is 0 Å². The lowest BCUT2D eigenvalue weighted by Gasteiger charge is -2.11. The zero-order chi connectivity index (χ0) is 13.2. The Bertz CT molecular complexity index is 651. The molecule has 0 saturated carbocycles. The first-order chi connectivity index (χ1) is 8.47. The molecule has 94 valence electrons. The molecule has 0 atom stereocenters. The van der Waals surface area contributed by atoms with Crippen molar-refractivity contribution < 1.29 is 13.0 Å². The summed E-state index contributed by atoms with van der Waals surface area (Å²) in [4.78, 5) is 0. The number of benzene rings is 2. The summed E-state index contributed by atoms with van der Waals surface area (Å²) in [5.41, 5.74) is 8.15. The van der Waals surface area contributed by atoms with Gasteiger partial charge in [-0.3, -0.25) is 4.55 Å². The van der Waals surface area contributed by atoms with Crippen molar-refractivity contribution in [1.29, 1.82) is 0 Å². The zero-order valence-electron chi connectivity index (χ0n) is 9.58. The summed E-state index contributed by atoms with van der Waals surface area (Å²) in [5.74, 6) is -0.482. The molecule has 0 amide bonds. The highest BCUT2D eigenvalue weighted by Crippen LogP contribution is 2.28. The predicted octanol–water partition coefficient (Wildman–Crippen LogP) is 2.32. The Balaban J connectivity index is 2.58. The molecule has 0 fully saturated rings. The minimum atomic E-state index is -4.11. The van der Waals surface area contributed by atoms with Crippen LogP contribution >= 0.6 is 0 Å². The molecule has 0 spiro atoms. The molecule has 0 radical (unpaired) electrons. The standard InChI is InChI=1S/C13H13NO3S/c14-13-8-4-7-11(10-5-2-1-3-6-10)12(13)9-18(15,16)17/h1-8H,9,14H2,(H,15,16,17). The van der Waals surface area contributed by atoms with E-state index >= 15 is 0 Å². The first-order valence-corrected chi connectivity index (χ1v) is 6.96. The van der Waals surface area contributed by atoms with Crippen molar-refractivity contribution in [3.05, 3.63) is 54.1 Å². The molecule has 0 aliphatic carbocycles. The summed E-state index contributed by atoms with van der Waals surface area (Å²) in [7, 11) is -4.11. The molecule has 0 heterocycles. The first-order valence-electron chi connectivity index (χ1n) is 5.35. The van der Waals surface area contributed by atoms with Gasteiger partial charge in [-0.2, -0.15) is 8.42 Å². The number of hydrogen-bond donors (Lipinski definition) is 2. The largest absolute Gasteiger partial charge is 0.398 e. The monoisotopic (exact) mass is 263 g/mol. The summed E-state index contributed by atoms with van der Waals surface area (Å²) in [5, 5.41) is 0. The molecule has 4 nitrogen and oxygen atoms in total. The summed E-state index contributed by atoms with van der Waals surface area (Å²) in [6.07, 6.45) is 0. The molecule has 0 aromatic heterocycles. The molecule has 0 saturated heterocycles. The fourth-order valence-electron chi connectivity index (χ4n) is 1.84. The van der Waals surface area contributed by atoms with Gasteiger partial charge in [-0.15, -0.1) is 0 Å². The van der Waals surface area contributed by atoms with Gasteiger partial charge in [0, 0.05) is 11.3 Å². The molecule has 2 aromatic rings. The van der Waals surface area contributed by atoms with Crippen LogP contribution in [0.4, 0.5) is 5.69 Å². The maximum atomic E-state index is 11.0. The lowest BCUT2D eigenvalue weighted by molar-refractivity contribution is 0.482. The quantitative estimate of drug-likeness (QED) is 0.658. The van der Waals surface area contributed by atoms with Crippen LogP contribution in [0.3, 0.4) is 0 Å². The van der Waals surface area contributed by atoms with Crippen LogP contribution in [0.15, 0.2) is 48.5 Å². The van der Waals surface area contributed by atoms with Gasteiger partial charge in [0.25, 0.3) is 10.1 Å². The highest BCUT2D eigenvalue weighted by atomic mass is 32.2. The van der Waals surface area contributed by atoms with Crippen molar-refractivity contribution in [2.45, 2.75) is 5.75 Å². The fourth-order valence-corrected chi connectivity index (χ4v) is 2.52. The van der Waals surface area contributed by atoms with Crippen LogP contribution in [0.5, 0.6) is 0 Å². The first kappa shape index (κ1) is 12.6. The van der Waals surface area contributed by atoms with Gasteiger partial charge in [0.15, 0.2) is 0 Å². The van der Waals surface area contributed by atoms with Crippen LogP contribution < -0.4 is 5.73 Å². The van der Waals surface area contributed by atoms with Crippen molar-refractivity contribution in [2.24, 2.45) is 0 Å². The molecular formula is C13H13NO3S. The molecule has 3 N–H and O–H groups in total. The van der Waals surface area contributed by atoms with Gasteiger partial charge in [0.05, 0.1) is 0 Å². The van der Waals surface area contributed by atoms with Gasteiger partial charge >= 0.3 is 0 Å². The Morgan fingerprint density at radius 3 is 2.28 bits per heavy atom. The summed E-state index contributed by atoms with van der Waals surface area (Å²) in [6.45, 7) is 0. The molecule has 0 bridgehead atoms.